The van der Waals surface area contributed by atoms with E-state index < -0.39 is 29.9 Å². The Hall–Kier alpha value is -5.06. The number of ether oxygens (including phenoxy) is 2. The highest BCUT2D eigenvalue weighted by atomic mass is 16.5. The average Bonchev–Trinajstić information content (AvgIpc) is 2.97. The maximum atomic E-state index is 13.0. The van der Waals surface area contributed by atoms with Crippen LogP contribution in [0.4, 0.5) is 16.2 Å². The summed E-state index contributed by atoms with van der Waals surface area (Å²) in [5, 5.41) is 17.3. The largest absolute Gasteiger partial charge is 0.495 e. The summed E-state index contributed by atoms with van der Waals surface area (Å²) in [6, 6.07) is 20.5. The second-order valence-corrected chi connectivity index (χ2v) is 9.59. The van der Waals surface area contributed by atoms with Crippen molar-refractivity contribution in [1.29, 1.82) is 0 Å². The highest BCUT2D eigenvalue weighted by Crippen LogP contribution is 2.26. The minimum absolute atomic E-state index is 0.0214. The second kappa shape index (κ2) is 15.7. The molecule has 4 N–H and O–H groups in total. The van der Waals surface area contributed by atoms with Gasteiger partial charge in [0.2, 0.25) is 11.8 Å². The second-order valence-electron chi connectivity index (χ2n) is 9.59. The minimum atomic E-state index is -1.03. The van der Waals surface area contributed by atoms with Crippen molar-refractivity contribution in [3.05, 3.63) is 83.9 Å². The molecule has 0 aliphatic heterocycles. The van der Waals surface area contributed by atoms with E-state index in [0.717, 1.165) is 5.56 Å². The molecule has 1 unspecified atom stereocenters. The fraction of sp³-hybridized carbons (Fsp3) is 0.290. The van der Waals surface area contributed by atoms with Crippen LogP contribution < -0.4 is 25.4 Å². The molecule has 1 atom stereocenters. The predicted molar refractivity (Wildman–Crippen MR) is 159 cm³/mol. The van der Waals surface area contributed by atoms with Gasteiger partial charge in [-0.05, 0) is 55.3 Å². The van der Waals surface area contributed by atoms with Crippen LogP contribution in [0.2, 0.25) is 0 Å². The van der Waals surface area contributed by atoms with Gasteiger partial charge in [0.15, 0.2) is 0 Å². The third-order valence-corrected chi connectivity index (χ3v) is 6.36. The third kappa shape index (κ3) is 9.84. The number of carboxylic acids is 1. The molecule has 3 aromatic rings. The first-order valence-corrected chi connectivity index (χ1v) is 13.4. The summed E-state index contributed by atoms with van der Waals surface area (Å²) < 4.78 is 11.1. The van der Waals surface area contributed by atoms with E-state index in [1.54, 1.807) is 43.3 Å². The molecular weight excluding hydrogens is 540 g/mol. The highest BCUT2D eigenvalue weighted by molar-refractivity contribution is 6.01. The molecule has 0 aliphatic carbocycles. The Balaban J connectivity index is 1.55. The first-order valence-electron chi connectivity index (χ1n) is 13.4. The summed E-state index contributed by atoms with van der Waals surface area (Å²) in [5.41, 5.74) is 2.62. The van der Waals surface area contributed by atoms with Crippen molar-refractivity contribution in [3.63, 3.8) is 0 Å². The Morgan fingerprint density at radius 1 is 0.929 bits per heavy atom. The molecule has 0 aliphatic rings. The van der Waals surface area contributed by atoms with E-state index >= 15 is 0 Å². The number of hydrogen-bond donors (Lipinski definition) is 4. The minimum Gasteiger partial charge on any atom is -0.495 e. The van der Waals surface area contributed by atoms with Gasteiger partial charge in [-0.3, -0.25) is 14.4 Å². The van der Waals surface area contributed by atoms with Crippen molar-refractivity contribution in [1.82, 2.24) is 10.2 Å². The summed E-state index contributed by atoms with van der Waals surface area (Å²) in [4.78, 5) is 50.7. The maximum absolute atomic E-state index is 13.0. The molecule has 0 aromatic heterocycles. The van der Waals surface area contributed by atoms with Crippen LogP contribution in [-0.4, -0.2) is 66.7 Å². The van der Waals surface area contributed by atoms with Gasteiger partial charge in [0.1, 0.15) is 18.1 Å². The summed E-state index contributed by atoms with van der Waals surface area (Å²) in [6.45, 7) is 3.48. The Labute approximate surface area is 244 Å². The standard InChI is InChI=1S/C31H36N4O7/c1-21-9-7-8-12-25(21)33-31(40)34-26-14-13-23(17-27(26)41-3)18-28(36)32-19-29(37)35(16-15-30(38)39)22(2)20-42-24-10-5-4-6-11-24/h4-14,17,22H,15-16,18-20H2,1-3H3,(H,32,36)(H,38,39)(H2,33,34,40). The monoisotopic (exact) mass is 576 g/mol. The van der Waals surface area contributed by atoms with Gasteiger partial charge in [-0.2, -0.15) is 0 Å². The van der Waals surface area contributed by atoms with Crippen molar-refractivity contribution in [2.45, 2.75) is 32.7 Å². The van der Waals surface area contributed by atoms with Crippen molar-refractivity contribution < 1.29 is 33.8 Å². The van der Waals surface area contributed by atoms with Crippen LogP contribution in [-0.2, 0) is 20.8 Å². The molecule has 0 fully saturated rings. The zero-order valence-corrected chi connectivity index (χ0v) is 23.9. The molecule has 11 nitrogen and oxygen atoms in total. The maximum Gasteiger partial charge on any atom is 0.323 e. The molecule has 11 heteroatoms. The fourth-order valence-electron chi connectivity index (χ4n) is 4.09. The lowest BCUT2D eigenvalue weighted by Gasteiger charge is -2.29. The summed E-state index contributed by atoms with van der Waals surface area (Å²) in [6.07, 6.45) is -0.278. The number of nitrogens with one attached hydrogen (secondary N) is 3. The number of carbonyl (C=O) groups excluding carboxylic acids is 3. The normalized spacial score (nSPS) is 11.1. The van der Waals surface area contributed by atoms with Gasteiger partial charge in [0.05, 0.1) is 38.2 Å². The van der Waals surface area contributed by atoms with Gasteiger partial charge >= 0.3 is 12.0 Å². The number of methoxy groups -OCH3 is 1. The third-order valence-electron chi connectivity index (χ3n) is 6.36. The number of para-hydroxylation sites is 2. The number of anilines is 2. The molecule has 222 valence electrons. The van der Waals surface area contributed by atoms with E-state index in [1.807, 2.05) is 43.3 Å². The van der Waals surface area contributed by atoms with Gasteiger partial charge in [-0.1, -0.05) is 42.5 Å². The molecule has 3 aromatic carbocycles. The van der Waals surface area contributed by atoms with Gasteiger partial charge in [-0.25, -0.2) is 4.79 Å². The van der Waals surface area contributed by atoms with Crippen molar-refractivity contribution in [2.24, 2.45) is 0 Å². The van der Waals surface area contributed by atoms with Gasteiger partial charge in [0.25, 0.3) is 0 Å². The van der Waals surface area contributed by atoms with Crippen LogP contribution in [0.5, 0.6) is 11.5 Å². The molecule has 42 heavy (non-hydrogen) atoms. The molecule has 0 bridgehead atoms. The number of aliphatic carboxylic acids is 1. The topological polar surface area (TPSA) is 146 Å². The number of rotatable bonds is 14. The number of urea groups is 1. The van der Waals surface area contributed by atoms with Gasteiger partial charge in [-0.15, -0.1) is 0 Å². The highest BCUT2D eigenvalue weighted by Gasteiger charge is 2.22. The lowest BCUT2D eigenvalue weighted by molar-refractivity contribution is -0.140. The molecule has 0 saturated heterocycles. The van der Waals surface area contributed by atoms with E-state index in [9.17, 15) is 19.2 Å². The summed E-state index contributed by atoms with van der Waals surface area (Å²) in [5.74, 6) is -0.872. The number of aryl methyl sites for hydroxylation is 1. The van der Waals surface area contributed by atoms with E-state index in [2.05, 4.69) is 16.0 Å². The first kappa shape index (κ1) is 31.5. The number of amides is 4. The van der Waals surface area contributed by atoms with E-state index in [4.69, 9.17) is 14.6 Å². The molecule has 3 rings (SSSR count). The SMILES string of the molecule is COc1cc(CC(=O)NCC(=O)N(CCC(=O)O)C(C)COc2ccccc2)ccc1NC(=O)Nc1ccccc1C. The molecule has 0 radical (unpaired) electrons. The van der Waals surface area contributed by atoms with Crippen molar-refractivity contribution >= 4 is 35.2 Å². The van der Waals surface area contributed by atoms with E-state index in [1.165, 1.54) is 12.0 Å². The smallest absolute Gasteiger partial charge is 0.323 e. The molecular formula is C31H36N4O7. The summed E-state index contributed by atoms with van der Waals surface area (Å²) in [7, 11) is 1.46. The van der Waals surface area contributed by atoms with Crippen LogP contribution in [0.25, 0.3) is 0 Å². The Bertz CT molecular complexity index is 1380. The zero-order valence-electron chi connectivity index (χ0n) is 23.9. The van der Waals surface area contributed by atoms with E-state index in [0.29, 0.717) is 28.4 Å². The number of carboxylic acid groups (broad SMARTS) is 1. The molecule has 4 amide bonds. The van der Waals surface area contributed by atoms with Crippen LogP contribution in [0.1, 0.15) is 24.5 Å². The van der Waals surface area contributed by atoms with Gasteiger partial charge in [0, 0.05) is 12.2 Å². The Kier molecular flexibility index (Phi) is 11.7. The molecule has 0 heterocycles. The lowest BCUT2D eigenvalue weighted by Crippen LogP contribution is -2.47. The first-order chi connectivity index (χ1) is 20.2. The number of carbonyl (C=O) groups is 4. The Morgan fingerprint density at radius 2 is 1.62 bits per heavy atom. The van der Waals surface area contributed by atoms with E-state index in [-0.39, 0.29) is 32.5 Å². The summed E-state index contributed by atoms with van der Waals surface area (Å²) >= 11 is 0. The van der Waals surface area contributed by atoms with Crippen molar-refractivity contribution in [2.75, 3.05) is 37.4 Å². The average molecular weight is 577 g/mol. The predicted octanol–water partition coefficient (Wildman–Crippen LogP) is 4.08. The van der Waals surface area contributed by atoms with Crippen LogP contribution >= 0.6 is 0 Å². The van der Waals surface area contributed by atoms with Gasteiger partial charge < -0.3 is 35.4 Å². The van der Waals surface area contributed by atoms with Crippen molar-refractivity contribution in [3.8, 4) is 11.5 Å². The number of benzene rings is 3. The van der Waals surface area contributed by atoms with Crippen LogP contribution in [0.15, 0.2) is 72.8 Å². The van der Waals surface area contributed by atoms with Crippen LogP contribution in [0, 0.1) is 6.92 Å². The zero-order chi connectivity index (χ0) is 30.5. The molecule has 0 spiro atoms. The lowest BCUT2D eigenvalue weighted by atomic mass is 10.1. The fourth-order valence-corrected chi connectivity index (χ4v) is 4.09. The number of hydrogen-bond acceptors (Lipinski definition) is 6. The number of nitrogens with zero attached hydrogens (tertiary/aromatic N) is 1. The quantitative estimate of drug-likeness (QED) is 0.226. The molecule has 0 saturated carbocycles. The Morgan fingerprint density at radius 3 is 2.31 bits per heavy atom. The van der Waals surface area contributed by atoms with Crippen LogP contribution in [0.3, 0.4) is 0 Å².